The second-order valence-corrected chi connectivity index (χ2v) is 13.8. The average Bonchev–Trinajstić information content (AvgIpc) is 3.40. The van der Waals surface area contributed by atoms with Gasteiger partial charge in [-0.2, -0.15) is 0 Å². The number of rotatable bonds is 20. The molecule has 0 N–H and O–H groups in total. The highest BCUT2D eigenvalue weighted by molar-refractivity contribution is 5.16. The fourth-order valence-electron chi connectivity index (χ4n) is 6.97. The summed E-state index contributed by atoms with van der Waals surface area (Å²) in [5.41, 5.74) is 3.21. The summed E-state index contributed by atoms with van der Waals surface area (Å²) in [6.07, 6.45) is 1.59. The summed E-state index contributed by atoms with van der Waals surface area (Å²) >= 11 is 0. The average molecular weight is 677 g/mol. The first-order chi connectivity index (χ1) is 24.0. The molecule has 1 saturated heterocycles. The van der Waals surface area contributed by atoms with Crippen molar-refractivity contribution in [2.24, 2.45) is 17.8 Å². The van der Waals surface area contributed by atoms with Crippen LogP contribution in [0.1, 0.15) is 56.7 Å². The van der Waals surface area contributed by atoms with Crippen LogP contribution in [0, 0.1) is 17.8 Å². The summed E-state index contributed by atoms with van der Waals surface area (Å²) in [4.78, 5) is 0. The highest BCUT2D eigenvalue weighted by Gasteiger charge is 2.60. The monoisotopic (exact) mass is 676 g/mol. The van der Waals surface area contributed by atoms with E-state index in [1.807, 2.05) is 54.6 Å². The first-order valence-electron chi connectivity index (χ1n) is 17.9. The van der Waals surface area contributed by atoms with E-state index >= 15 is 0 Å². The van der Waals surface area contributed by atoms with Gasteiger partial charge in [-0.15, -0.1) is 0 Å². The Hall–Kier alpha value is -2.66. The van der Waals surface area contributed by atoms with Crippen LogP contribution in [-0.2, 0) is 57.7 Å². The maximum absolute atomic E-state index is 7.30. The van der Waals surface area contributed by atoms with Gasteiger partial charge >= 0.3 is 0 Å². The van der Waals surface area contributed by atoms with Crippen molar-refractivity contribution in [3.05, 3.63) is 108 Å². The molecule has 0 amide bonds. The van der Waals surface area contributed by atoms with Gasteiger partial charge in [0.25, 0.3) is 0 Å². The second-order valence-electron chi connectivity index (χ2n) is 13.8. The lowest BCUT2D eigenvalue weighted by molar-refractivity contribution is -0.323. The van der Waals surface area contributed by atoms with Crippen LogP contribution in [0.25, 0.3) is 0 Å². The van der Waals surface area contributed by atoms with E-state index in [0.717, 1.165) is 29.5 Å². The van der Waals surface area contributed by atoms with E-state index in [1.165, 1.54) is 6.42 Å². The van der Waals surface area contributed by atoms with Crippen LogP contribution >= 0.6 is 0 Å². The third-order valence-corrected chi connectivity index (χ3v) is 9.61. The quantitative estimate of drug-likeness (QED) is 0.0896. The highest BCUT2D eigenvalue weighted by Crippen LogP contribution is 2.44. The molecule has 2 aliphatic rings. The van der Waals surface area contributed by atoms with E-state index in [4.69, 9.17) is 37.9 Å². The van der Waals surface area contributed by atoms with E-state index in [2.05, 4.69) is 57.2 Å². The van der Waals surface area contributed by atoms with E-state index in [-0.39, 0.29) is 19.5 Å². The van der Waals surface area contributed by atoms with Crippen molar-refractivity contribution in [1.29, 1.82) is 0 Å². The zero-order valence-electron chi connectivity index (χ0n) is 29.7. The summed E-state index contributed by atoms with van der Waals surface area (Å²) in [5, 5.41) is 0. The van der Waals surface area contributed by atoms with E-state index in [1.54, 1.807) is 7.11 Å². The minimum atomic E-state index is -1.27. The molecule has 5 rings (SSSR count). The molecule has 1 saturated carbocycles. The molecule has 3 aromatic carbocycles. The fourth-order valence-corrected chi connectivity index (χ4v) is 6.97. The zero-order chi connectivity index (χ0) is 34.3. The zero-order valence-corrected chi connectivity index (χ0v) is 29.7. The first-order valence-corrected chi connectivity index (χ1v) is 17.9. The van der Waals surface area contributed by atoms with Gasteiger partial charge < -0.3 is 37.9 Å². The molecule has 3 aromatic rings. The molecule has 1 aliphatic heterocycles. The van der Waals surface area contributed by atoms with Gasteiger partial charge in [0.2, 0.25) is 5.79 Å². The van der Waals surface area contributed by atoms with Gasteiger partial charge in [0, 0.05) is 7.11 Å². The fraction of sp³-hybridized carbons (Fsp3) is 0.561. The molecule has 0 aromatic heterocycles. The van der Waals surface area contributed by atoms with Crippen LogP contribution in [0.3, 0.4) is 0 Å². The van der Waals surface area contributed by atoms with Gasteiger partial charge in [0.05, 0.1) is 45.7 Å². The van der Waals surface area contributed by atoms with Gasteiger partial charge in [-0.25, -0.2) is 0 Å². The summed E-state index contributed by atoms with van der Waals surface area (Å²) < 4.78 is 51.5. The van der Waals surface area contributed by atoms with Crippen LogP contribution in [-0.4, -0.2) is 70.5 Å². The Balaban J connectivity index is 1.47. The van der Waals surface area contributed by atoms with E-state index in [0.29, 0.717) is 57.4 Å². The van der Waals surface area contributed by atoms with Crippen molar-refractivity contribution in [1.82, 2.24) is 0 Å². The Bertz CT molecular complexity index is 1310. The molecule has 1 aliphatic carbocycles. The van der Waals surface area contributed by atoms with Gasteiger partial charge in [-0.1, -0.05) is 118 Å². The van der Waals surface area contributed by atoms with Crippen LogP contribution in [0.4, 0.5) is 0 Å². The van der Waals surface area contributed by atoms with Crippen molar-refractivity contribution in [3.63, 3.8) is 0 Å². The molecule has 49 heavy (non-hydrogen) atoms. The molecule has 8 nitrogen and oxygen atoms in total. The topological polar surface area (TPSA) is 73.8 Å². The summed E-state index contributed by atoms with van der Waals surface area (Å²) in [5.74, 6) is 0.0984. The molecule has 0 spiro atoms. The summed E-state index contributed by atoms with van der Waals surface area (Å²) in [6, 6.07) is 30.5. The molecule has 7 atom stereocenters. The minimum Gasteiger partial charge on any atom is -0.382 e. The maximum atomic E-state index is 7.30. The normalized spacial score (nSPS) is 27.1. The summed E-state index contributed by atoms with van der Waals surface area (Å²) in [7, 11) is 1.65. The predicted octanol–water partition coefficient (Wildman–Crippen LogP) is 7.58. The van der Waals surface area contributed by atoms with Gasteiger partial charge in [-0.05, 0) is 47.3 Å². The first kappa shape index (κ1) is 37.6. The minimum absolute atomic E-state index is 0.0386. The predicted molar refractivity (Wildman–Crippen MR) is 189 cm³/mol. The Labute approximate surface area is 293 Å². The molecule has 0 bridgehead atoms. The third-order valence-electron chi connectivity index (χ3n) is 9.61. The number of hydrogen-bond donors (Lipinski definition) is 0. The number of methoxy groups -OCH3 is 1. The van der Waals surface area contributed by atoms with Crippen molar-refractivity contribution in [2.45, 2.75) is 90.1 Å². The molecular weight excluding hydrogens is 620 g/mol. The standard InChI is InChI=1S/C41H56O8/c1-31(2)36-21-20-32(3)24-37(36)48-41(29-45-30-43-23-22-42-4)40(47-27-35-18-12-7-13-19-35)39(46-26-34-16-10-6-11-17-34)38(49-41)28-44-25-33-14-8-5-9-15-33/h5-19,31-32,36-40H,20-30H2,1-4H3/t32-,36+,37-,38-,39-,40+,41+/m1/s1. The Morgan fingerprint density at radius 3 is 1.96 bits per heavy atom. The van der Waals surface area contributed by atoms with Gasteiger partial charge in [0.1, 0.15) is 31.7 Å². The Morgan fingerprint density at radius 2 is 1.35 bits per heavy atom. The van der Waals surface area contributed by atoms with Crippen LogP contribution in [0.2, 0.25) is 0 Å². The highest BCUT2D eigenvalue weighted by atomic mass is 16.8. The molecule has 268 valence electrons. The lowest BCUT2D eigenvalue weighted by Crippen LogP contribution is -2.55. The largest absolute Gasteiger partial charge is 0.382 e. The second kappa shape index (κ2) is 19.7. The molecule has 2 fully saturated rings. The number of benzene rings is 3. The van der Waals surface area contributed by atoms with Crippen molar-refractivity contribution >= 4 is 0 Å². The maximum Gasteiger partial charge on any atom is 0.222 e. The van der Waals surface area contributed by atoms with Crippen molar-refractivity contribution in [3.8, 4) is 0 Å². The third kappa shape index (κ3) is 11.2. The smallest absolute Gasteiger partial charge is 0.222 e. The van der Waals surface area contributed by atoms with Crippen LogP contribution < -0.4 is 0 Å². The molecule has 0 unspecified atom stereocenters. The lowest BCUT2D eigenvalue weighted by Gasteiger charge is -2.44. The Kier molecular flexibility index (Phi) is 15.1. The Morgan fingerprint density at radius 1 is 0.735 bits per heavy atom. The van der Waals surface area contributed by atoms with Gasteiger partial charge in [0.15, 0.2) is 0 Å². The number of hydrogen-bond acceptors (Lipinski definition) is 8. The summed E-state index contributed by atoms with van der Waals surface area (Å²) in [6.45, 7) is 9.47. The SMILES string of the molecule is COCCOCOC[C@]1(O[C@@H]2C[C@H](C)CC[C@H]2C(C)C)O[C@H](COCc2ccccc2)[C@@H](OCc2ccccc2)[C@@H]1OCc1ccccc1. The molecule has 1 heterocycles. The van der Waals surface area contributed by atoms with Gasteiger partial charge in [-0.3, -0.25) is 0 Å². The number of ether oxygens (including phenoxy) is 8. The van der Waals surface area contributed by atoms with E-state index in [9.17, 15) is 0 Å². The van der Waals surface area contributed by atoms with Crippen LogP contribution in [0.15, 0.2) is 91.0 Å². The van der Waals surface area contributed by atoms with E-state index < -0.39 is 24.1 Å². The van der Waals surface area contributed by atoms with Crippen LogP contribution in [0.5, 0.6) is 0 Å². The molecular formula is C41H56O8. The van der Waals surface area contributed by atoms with Crippen molar-refractivity contribution < 1.29 is 37.9 Å². The molecule has 0 radical (unpaired) electrons. The lowest BCUT2D eigenvalue weighted by atomic mass is 9.75. The molecule has 8 heteroatoms. The van der Waals surface area contributed by atoms with Crippen molar-refractivity contribution in [2.75, 3.05) is 40.3 Å².